The molecule has 3 unspecified atom stereocenters. The van der Waals surface area contributed by atoms with Crippen molar-refractivity contribution in [3.8, 4) is 0 Å². The van der Waals surface area contributed by atoms with E-state index in [-0.39, 0.29) is 31.5 Å². The number of hydrogen-bond donors (Lipinski definition) is 2. The van der Waals surface area contributed by atoms with E-state index < -0.39 is 20.0 Å². The Labute approximate surface area is 458 Å². The summed E-state index contributed by atoms with van der Waals surface area (Å²) in [4.78, 5) is 37.7. The Kier molecular flexibility index (Phi) is 52.8. The number of phosphoric acid groups is 1. The number of rotatable bonds is 57. The third-order valence-corrected chi connectivity index (χ3v) is 15.1. The van der Waals surface area contributed by atoms with Gasteiger partial charge in [-0.1, -0.05) is 282 Å². The number of hydrogen-bond acceptors (Lipinski definition) is 6. The van der Waals surface area contributed by atoms with E-state index in [9.17, 15) is 19.0 Å². The summed E-state index contributed by atoms with van der Waals surface area (Å²) in [7, 11) is 1.50. The maximum Gasteiger partial charge on any atom is 0.472 e. The summed E-state index contributed by atoms with van der Waals surface area (Å²) >= 11 is 0. The van der Waals surface area contributed by atoms with Crippen molar-refractivity contribution in [3.63, 3.8) is 0 Å². The van der Waals surface area contributed by atoms with Gasteiger partial charge in [0.25, 0.3) is 0 Å². The number of quaternary nitrogens is 1. The van der Waals surface area contributed by atoms with E-state index in [0.717, 1.165) is 77.0 Å². The van der Waals surface area contributed by atoms with Crippen LogP contribution in [0.4, 0.5) is 0 Å². The summed E-state index contributed by atoms with van der Waals surface area (Å²) < 4.78 is 30.7. The quantitative estimate of drug-likeness (QED) is 0.0156. The molecule has 0 aromatic rings. The van der Waals surface area contributed by atoms with Crippen LogP contribution in [0.3, 0.4) is 0 Å². The van der Waals surface area contributed by atoms with Crippen LogP contribution in [0.15, 0.2) is 48.6 Å². The van der Waals surface area contributed by atoms with Gasteiger partial charge in [0, 0.05) is 12.8 Å². The first-order valence-corrected chi connectivity index (χ1v) is 33.0. The fraction of sp³-hybridized carbons (Fsp3) is 0.844. The van der Waals surface area contributed by atoms with Gasteiger partial charge in [0.1, 0.15) is 19.3 Å². The molecule has 10 heteroatoms. The second kappa shape index (κ2) is 54.3. The molecule has 0 radical (unpaired) electrons. The van der Waals surface area contributed by atoms with Crippen LogP contribution in [0.2, 0.25) is 0 Å². The first kappa shape index (κ1) is 72.0. The first-order chi connectivity index (χ1) is 35.9. The molecule has 0 rings (SSSR count). The number of amides is 1. The molecule has 0 bridgehead atoms. The van der Waals surface area contributed by atoms with Gasteiger partial charge in [0.2, 0.25) is 5.91 Å². The Balaban J connectivity index is 5.18. The van der Waals surface area contributed by atoms with Gasteiger partial charge in [-0.15, -0.1) is 0 Å². The topological polar surface area (TPSA) is 111 Å². The van der Waals surface area contributed by atoms with E-state index in [1.165, 1.54) is 186 Å². The van der Waals surface area contributed by atoms with Gasteiger partial charge in [0.15, 0.2) is 0 Å². The Morgan fingerprint density at radius 2 is 0.865 bits per heavy atom. The molecule has 9 nitrogen and oxygen atoms in total. The van der Waals surface area contributed by atoms with Gasteiger partial charge in [-0.05, 0) is 51.0 Å². The average molecular weight is 1060 g/mol. The molecule has 0 heterocycles. The minimum absolute atomic E-state index is 0.0392. The van der Waals surface area contributed by atoms with Gasteiger partial charge >= 0.3 is 13.8 Å². The molecule has 0 fully saturated rings. The fourth-order valence-corrected chi connectivity index (χ4v) is 9.97. The highest BCUT2D eigenvalue weighted by Gasteiger charge is 2.30. The van der Waals surface area contributed by atoms with Gasteiger partial charge in [-0.2, -0.15) is 0 Å². The van der Waals surface area contributed by atoms with Crippen molar-refractivity contribution < 1.29 is 37.3 Å². The van der Waals surface area contributed by atoms with Crippen LogP contribution in [0, 0.1) is 0 Å². The molecule has 434 valence electrons. The number of carbonyl (C=O) groups excluding carboxylic acids is 2. The summed E-state index contributed by atoms with van der Waals surface area (Å²) in [6.07, 6.45) is 66.8. The Morgan fingerprint density at radius 1 is 0.486 bits per heavy atom. The molecule has 0 aromatic carbocycles. The largest absolute Gasteiger partial charge is 0.472 e. The zero-order valence-corrected chi connectivity index (χ0v) is 50.5. The second-order valence-corrected chi connectivity index (χ2v) is 24.1. The van der Waals surface area contributed by atoms with E-state index in [2.05, 4.69) is 62.5 Å². The third-order valence-electron chi connectivity index (χ3n) is 14.1. The predicted octanol–water partition coefficient (Wildman–Crippen LogP) is 19.3. The Hall–Kier alpha value is -2.03. The molecule has 2 N–H and O–H groups in total. The lowest BCUT2D eigenvalue weighted by molar-refractivity contribution is -0.870. The van der Waals surface area contributed by atoms with Gasteiger partial charge in [0.05, 0.1) is 33.8 Å². The summed E-state index contributed by atoms with van der Waals surface area (Å²) in [5, 5.41) is 3.06. The summed E-state index contributed by atoms with van der Waals surface area (Å²) in [5.74, 6) is -0.508. The Morgan fingerprint density at radius 3 is 1.28 bits per heavy atom. The summed E-state index contributed by atoms with van der Waals surface area (Å²) in [6.45, 7) is 6.91. The van der Waals surface area contributed by atoms with E-state index in [4.69, 9.17) is 13.8 Å². The van der Waals surface area contributed by atoms with Crippen molar-refractivity contribution in [3.05, 3.63) is 48.6 Å². The SMILES string of the molecule is CC/C=C/C=C/C=C/CCCCCCCCCC(=O)OC(/C=C/CCCCCCCCCCCC)C(COP(=O)(O)OCC[N+](C)(C)C)NC(=O)CCCCCCCCCCCCCCCCCCCCCCC. The number of ether oxygens (including phenoxy) is 1. The highest BCUT2D eigenvalue weighted by atomic mass is 31.2. The van der Waals surface area contributed by atoms with E-state index in [0.29, 0.717) is 17.4 Å². The van der Waals surface area contributed by atoms with E-state index in [1.807, 2.05) is 33.3 Å². The lowest BCUT2D eigenvalue weighted by Crippen LogP contribution is -2.47. The monoisotopic (exact) mass is 1060 g/mol. The standard InChI is InChI=1S/C64H121N2O7P/c1-7-10-13-16-19-22-25-28-30-31-32-33-34-35-37-38-41-44-47-50-53-56-63(67)65-61(60-72-74(69,70)71-59-58-66(4,5)6)62(55-52-49-46-43-40-27-24-21-18-15-12-9-3)73-64(68)57-54-51-48-45-42-39-36-29-26-23-20-17-14-11-8-2/h11,14,17,20,23,26,52,55,61-62H,7-10,12-13,15-16,18-19,21-22,24-25,27-51,53-54,56-60H2,1-6H3,(H-,65,67,69,70)/p+1/b14-11+,20-17+,26-23+,55-52+. The second-order valence-electron chi connectivity index (χ2n) is 22.6. The molecular weight excluding hydrogens is 940 g/mol. The van der Waals surface area contributed by atoms with Gasteiger partial charge in [-0.25, -0.2) is 4.57 Å². The van der Waals surface area contributed by atoms with Crippen molar-refractivity contribution in [1.82, 2.24) is 5.32 Å². The summed E-state index contributed by atoms with van der Waals surface area (Å²) in [5.41, 5.74) is 0. The number of likely N-dealkylation sites (N-methyl/N-ethyl adjacent to an activating group) is 1. The van der Waals surface area contributed by atoms with Gasteiger partial charge in [-0.3, -0.25) is 18.6 Å². The lowest BCUT2D eigenvalue weighted by atomic mass is 10.0. The van der Waals surface area contributed by atoms with Crippen LogP contribution in [0.1, 0.15) is 297 Å². The van der Waals surface area contributed by atoms with Crippen molar-refractivity contribution in [1.29, 1.82) is 0 Å². The molecule has 3 atom stereocenters. The minimum Gasteiger partial charge on any atom is -0.456 e. The predicted molar refractivity (Wildman–Crippen MR) is 319 cm³/mol. The maximum atomic E-state index is 13.6. The van der Waals surface area contributed by atoms with Crippen molar-refractivity contribution in [2.45, 2.75) is 309 Å². The molecule has 1 amide bonds. The molecule has 0 aliphatic rings. The lowest BCUT2D eigenvalue weighted by Gasteiger charge is -2.27. The number of unbranched alkanes of at least 4 members (excludes halogenated alkanes) is 37. The molecule has 0 saturated heterocycles. The minimum atomic E-state index is -4.45. The van der Waals surface area contributed by atoms with Crippen LogP contribution in [-0.2, 0) is 27.9 Å². The number of phosphoric ester groups is 1. The fourth-order valence-electron chi connectivity index (χ4n) is 9.24. The first-order valence-electron chi connectivity index (χ1n) is 31.5. The Bertz CT molecular complexity index is 1410. The molecule has 0 aliphatic carbocycles. The summed E-state index contributed by atoms with van der Waals surface area (Å²) in [6, 6.07) is -0.850. The van der Waals surface area contributed by atoms with Gasteiger partial charge < -0.3 is 19.4 Å². The number of nitrogens with zero attached hydrogens (tertiary/aromatic N) is 1. The zero-order valence-electron chi connectivity index (χ0n) is 49.6. The smallest absolute Gasteiger partial charge is 0.456 e. The van der Waals surface area contributed by atoms with E-state index >= 15 is 0 Å². The van der Waals surface area contributed by atoms with Crippen molar-refractivity contribution in [2.75, 3.05) is 40.9 Å². The van der Waals surface area contributed by atoms with Crippen LogP contribution in [0.25, 0.3) is 0 Å². The van der Waals surface area contributed by atoms with E-state index in [1.54, 1.807) is 0 Å². The number of carbonyl (C=O) groups is 2. The number of allylic oxidation sites excluding steroid dienone is 7. The van der Waals surface area contributed by atoms with Crippen molar-refractivity contribution >= 4 is 19.7 Å². The maximum absolute atomic E-state index is 13.6. The number of esters is 1. The third kappa shape index (κ3) is 54.7. The van der Waals surface area contributed by atoms with Crippen LogP contribution < -0.4 is 5.32 Å². The highest BCUT2D eigenvalue weighted by molar-refractivity contribution is 7.47. The van der Waals surface area contributed by atoms with Crippen LogP contribution >= 0.6 is 7.82 Å². The normalized spacial score (nSPS) is 14.0. The number of nitrogens with one attached hydrogen (secondary N) is 1. The highest BCUT2D eigenvalue weighted by Crippen LogP contribution is 2.43. The molecule has 0 aromatic heterocycles. The zero-order chi connectivity index (χ0) is 54.3. The molecule has 0 saturated carbocycles. The van der Waals surface area contributed by atoms with Crippen molar-refractivity contribution in [2.24, 2.45) is 0 Å². The average Bonchev–Trinajstić information content (AvgIpc) is 3.36. The molecule has 0 spiro atoms. The molecule has 0 aliphatic heterocycles. The van der Waals surface area contributed by atoms with Crippen LogP contribution in [0.5, 0.6) is 0 Å². The molecule has 74 heavy (non-hydrogen) atoms. The van der Waals surface area contributed by atoms with Crippen LogP contribution in [-0.4, -0.2) is 74.3 Å². The molecular formula is C64H122N2O7P+.